The molecule has 1 saturated heterocycles. The predicted octanol–water partition coefficient (Wildman–Crippen LogP) is 4.71. The Kier molecular flexibility index (Phi) is 2.66. The molecule has 1 aromatic carbocycles. The van der Waals surface area contributed by atoms with Gasteiger partial charge in [0.15, 0.2) is 0 Å². The topological polar surface area (TPSA) is 3.01 Å². The molecule has 3 fully saturated rings. The summed E-state index contributed by atoms with van der Waals surface area (Å²) in [6.45, 7) is 0. The maximum absolute atomic E-state index is 12.9. The third-order valence-electron chi connectivity index (χ3n) is 5.25. The lowest BCUT2D eigenvalue weighted by Gasteiger charge is -2.18. The van der Waals surface area contributed by atoms with E-state index < -0.39 is 23.5 Å². The maximum Gasteiger partial charge on any atom is 0.416 e. The normalized spacial score (nSPS) is 33.3. The number of hydrogen-bond donors (Lipinski definition) is 0. The van der Waals surface area contributed by atoms with E-state index in [9.17, 15) is 26.3 Å². The monoisotopic (exact) mass is 321 g/mol. The molecule has 0 radical (unpaired) electrons. The van der Waals surface area contributed by atoms with Crippen LogP contribution in [0.2, 0.25) is 0 Å². The summed E-state index contributed by atoms with van der Waals surface area (Å²) in [5.74, 6) is 0.859. The number of benzene rings is 1. The first-order valence-corrected chi connectivity index (χ1v) is 7.24. The van der Waals surface area contributed by atoms with Crippen molar-refractivity contribution in [3.8, 4) is 0 Å². The summed E-state index contributed by atoms with van der Waals surface area (Å²) in [5, 5.41) is 0. The van der Waals surface area contributed by atoms with Gasteiger partial charge in [0.2, 0.25) is 0 Å². The summed E-state index contributed by atoms with van der Waals surface area (Å²) in [5.41, 5.74) is -2.39. The van der Waals surface area contributed by atoms with Gasteiger partial charge in [0.25, 0.3) is 0 Å². The Hall–Kier alpha value is -1.40. The van der Waals surface area contributed by atoms with Crippen LogP contribution in [0.25, 0.3) is 0 Å². The number of anilines is 1. The first-order valence-electron chi connectivity index (χ1n) is 7.24. The Labute approximate surface area is 122 Å². The van der Waals surface area contributed by atoms with Crippen molar-refractivity contribution in [1.29, 1.82) is 0 Å². The smallest absolute Gasteiger partial charge is 0.361 e. The second-order valence-corrected chi connectivity index (χ2v) is 6.49. The fraction of sp³-hybridized carbons (Fsp3) is 0.600. The van der Waals surface area contributed by atoms with Gasteiger partial charge in [-0.25, -0.2) is 0 Å². The lowest BCUT2D eigenvalue weighted by molar-refractivity contribution is -0.143. The molecule has 0 amide bonds. The van der Waals surface area contributed by atoms with Crippen LogP contribution in [0.15, 0.2) is 18.2 Å². The molecule has 2 saturated carbocycles. The van der Waals surface area contributed by atoms with Crippen LogP contribution in [-0.2, 0) is 12.4 Å². The molecule has 22 heavy (non-hydrogen) atoms. The van der Waals surface area contributed by atoms with Gasteiger partial charge in [0.1, 0.15) is 0 Å². The molecular formula is C15H13F6N. The van der Waals surface area contributed by atoms with E-state index in [1.807, 2.05) is 0 Å². The first-order chi connectivity index (χ1) is 10.2. The molecule has 4 rings (SSSR count). The summed E-state index contributed by atoms with van der Waals surface area (Å²) >= 11 is 0. The van der Waals surface area contributed by atoms with Gasteiger partial charge in [-0.3, -0.25) is 0 Å². The number of rotatable bonds is 1. The van der Waals surface area contributed by atoms with E-state index in [1.165, 1.54) is 0 Å². The highest BCUT2D eigenvalue weighted by Crippen LogP contribution is 2.60. The summed E-state index contributed by atoms with van der Waals surface area (Å²) < 4.78 is 77.3. The van der Waals surface area contributed by atoms with Crippen molar-refractivity contribution in [2.75, 3.05) is 4.90 Å². The van der Waals surface area contributed by atoms with Gasteiger partial charge in [-0.2, -0.15) is 26.3 Å². The minimum atomic E-state index is -4.78. The number of piperidine rings is 1. The largest absolute Gasteiger partial charge is 0.416 e. The Morgan fingerprint density at radius 1 is 0.773 bits per heavy atom. The first kappa shape index (κ1) is 14.2. The minimum Gasteiger partial charge on any atom is -0.361 e. The molecule has 7 heteroatoms. The van der Waals surface area contributed by atoms with Crippen LogP contribution >= 0.6 is 0 Å². The Morgan fingerprint density at radius 2 is 1.23 bits per heavy atom. The van der Waals surface area contributed by atoms with E-state index in [4.69, 9.17) is 0 Å². The zero-order valence-corrected chi connectivity index (χ0v) is 11.4. The van der Waals surface area contributed by atoms with Crippen molar-refractivity contribution in [3.05, 3.63) is 29.3 Å². The Balaban J connectivity index is 1.74. The lowest BCUT2D eigenvalue weighted by Crippen LogP contribution is -2.15. The van der Waals surface area contributed by atoms with E-state index in [2.05, 4.69) is 0 Å². The molecule has 4 atom stereocenters. The Morgan fingerprint density at radius 3 is 1.64 bits per heavy atom. The molecule has 1 aliphatic heterocycles. The average Bonchev–Trinajstić information content (AvgIpc) is 2.85. The van der Waals surface area contributed by atoms with Crippen LogP contribution in [0, 0.1) is 11.8 Å². The number of hydrogen-bond acceptors (Lipinski definition) is 1. The Bertz CT molecular complexity index is 571. The molecule has 4 unspecified atom stereocenters. The lowest BCUT2D eigenvalue weighted by atomic mass is 10.0. The zero-order valence-electron chi connectivity index (χ0n) is 11.4. The van der Waals surface area contributed by atoms with Gasteiger partial charge in [0, 0.05) is 5.69 Å². The van der Waals surface area contributed by atoms with E-state index in [0.717, 1.165) is 31.4 Å². The third kappa shape index (κ3) is 2.01. The quantitative estimate of drug-likeness (QED) is 0.535. The molecule has 0 spiro atoms. The van der Waals surface area contributed by atoms with Crippen molar-refractivity contribution in [1.82, 2.24) is 0 Å². The van der Waals surface area contributed by atoms with Crippen LogP contribution in [0.1, 0.15) is 30.4 Å². The minimum absolute atomic E-state index is 0.0637. The SMILES string of the molecule is FC(F)(F)c1cc(N2C3C4CCC(C4)C32)cc(C(F)(F)F)c1. The number of alkyl halides is 6. The van der Waals surface area contributed by atoms with Crippen molar-refractivity contribution >= 4 is 5.69 Å². The highest BCUT2D eigenvalue weighted by atomic mass is 19.4. The van der Waals surface area contributed by atoms with Crippen molar-refractivity contribution in [2.45, 2.75) is 43.7 Å². The van der Waals surface area contributed by atoms with Crippen LogP contribution in [-0.4, -0.2) is 12.1 Å². The van der Waals surface area contributed by atoms with E-state index in [0.29, 0.717) is 11.8 Å². The van der Waals surface area contributed by atoms with Gasteiger partial charge < -0.3 is 4.90 Å². The molecule has 120 valence electrons. The number of nitrogens with zero attached hydrogens (tertiary/aromatic N) is 1. The van der Waals surface area contributed by atoms with E-state index in [-0.39, 0.29) is 23.8 Å². The molecule has 2 bridgehead atoms. The van der Waals surface area contributed by atoms with Gasteiger partial charge in [-0.15, -0.1) is 0 Å². The van der Waals surface area contributed by atoms with Crippen LogP contribution in [0.3, 0.4) is 0 Å². The molecule has 1 aromatic rings. The van der Waals surface area contributed by atoms with Crippen LogP contribution in [0.5, 0.6) is 0 Å². The van der Waals surface area contributed by atoms with Gasteiger partial charge >= 0.3 is 12.4 Å². The summed E-state index contributed by atoms with van der Waals surface area (Å²) in [4.78, 5) is 1.76. The predicted molar refractivity (Wildman–Crippen MR) is 67.3 cm³/mol. The van der Waals surface area contributed by atoms with Gasteiger partial charge in [-0.05, 0) is 49.3 Å². The second kappa shape index (κ2) is 4.11. The second-order valence-electron chi connectivity index (χ2n) is 6.49. The standard InChI is InChI=1S/C15H13F6N/c16-14(17,18)9-4-10(15(19,20)21)6-11(5-9)22-12-7-1-2-8(3-7)13(12)22/h4-8,12-13H,1-3H2. The molecule has 2 aliphatic carbocycles. The average molecular weight is 321 g/mol. The highest BCUT2D eigenvalue weighted by molar-refractivity contribution is 5.62. The molecule has 1 nitrogen and oxygen atoms in total. The fourth-order valence-corrected chi connectivity index (χ4v) is 4.39. The van der Waals surface area contributed by atoms with Crippen molar-refractivity contribution < 1.29 is 26.3 Å². The molecule has 3 aliphatic rings. The molecule has 0 N–H and O–H groups in total. The van der Waals surface area contributed by atoms with Gasteiger partial charge in [0.05, 0.1) is 23.2 Å². The maximum atomic E-state index is 12.9. The summed E-state index contributed by atoms with van der Waals surface area (Å²) in [6, 6.07) is 2.18. The van der Waals surface area contributed by atoms with E-state index >= 15 is 0 Å². The van der Waals surface area contributed by atoms with E-state index in [1.54, 1.807) is 4.90 Å². The molecule has 0 aromatic heterocycles. The third-order valence-corrected chi connectivity index (χ3v) is 5.25. The number of fused-ring (bicyclic) bond motifs is 5. The number of halogens is 6. The molecular weight excluding hydrogens is 308 g/mol. The fourth-order valence-electron chi connectivity index (χ4n) is 4.39. The van der Waals surface area contributed by atoms with Crippen LogP contribution < -0.4 is 4.90 Å². The highest BCUT2D eigenvalue weighted by Gasteiger charge is 2.64. The van der Waals surface area contributed by atoms with Crippen molar-refractivity contribution in [3.63, 3.8) is 0 Å². The van der Waals surface area contributed by atoms with Crippen LogP contribution in [0.4, 0.5) is 32.0 Å². The zero-order chi connectivity index (χ0) is 15.9. The van der Waals surface area contributed by atoms with Crippen molar-refractivity contribution in [2.24, 2.45) is 11.8 Å². The summed E-state index contributed by atoms with van der Waals surface area (Å²) in [7, 11) is 0. The summed E-state index contributed by atoms with van der Waals surface area (Å²) in [6.07, 6.45) is -6.42. The molecule has 1 heterocycles. The van der Waals surface area contributed by atoms with Gasteiger partial charge in [-0.1, -0.05) is 0 Å².